The molecule has 0 saturated carbocycles. The molecule has 1 aliphatic carbocycles. The van der Waals surface area contributed by atoms with Crippen molar-refractivity contribution in [2.45, 2.75) is 29.8 Å². The van der Waals surface area contributed by atoms with Crippen LogP contribution in [0.2, 0.25) is 10.0 Å². The first kappa shape index (κ1) is 21.2. The summed E-state index contributed by atoms with van der Waals surface area (Å²) in [7, 11) is -0.111. The Balaban J connectivity index is 1.70. The van der Waals surface area contributed by atoms with Gasteiger partial charge in [-0.25, -0.2) is 4.98 Å². The first-order valence-corrected chi connectivity index (χ1v) is 11.8. The summed E-state index contributed by atoms with van der Waals surface area (Å²) in [6.07, 6.45) is 4.80. The highest BCUT2D eigenvalue weighted by Gasteiger charge is 2.29. The molecule has 0 bridgehead atoms. The van der Waals surface area contributed by atoms with Gasteiger partial charge < -0.3 is 9.88 Å². The fraction of sp³-hybridized carbons (Fsp3) is 0.286. The second-order valence-corrected chi connectivity index (χ2v) is 9.91. The fourth-order valence-electron chi connectivity index (χ4n) is 4.01. The number of sulfonamides is 1. The van der Waals surface area contributed by atoms with Gasteiger partial charge in [-0.3, -0.25) is 4.72 Å². The number of nitrogens with zero attached hydrogens (tertiary/aromatic N) is 2. The smallest absolute Gasteiger partial charge is 0.280 e. The van der Waals surface area contributed by atoms with Gasteiger partial charge in [0.25, 0.3) is 10.0 Å². The number of aromatic nitrogens is 2. The second kappa shape index (κ2) is 8.23. The van der Waals surface area contributed by atoms with Gasteiger partial charge >= 0.3 is 0 Å². The molecule has 0 aliphatic heterocycles. The Morgan fingerprint density at radius 1 is 1.07 bits per heavy atom. The standard InChI is InChI=1S/C21H22Cl2N4O2S/c1-24-20-8-6-15(13-3-7-18(22)19(23)9-13)16-5-4-14(10-17(16)20)26-30(28,29)21-11-27(2)12-25-21/h3-5,7,9-12,15,20,24,26H,6,8H2,1-2H3/t15-,20?/m0/s1. The lowest BCUT2D eigenvalue weighted by Crippen LogP contribution is -2.24. The van der Waals surface area contributed by atoms with Crippen molar-refractivity contribution in [3.8, 4) is 0 Å². The van der Waals surface area contributed by atoms with Crippen LogP contribution in [0.15, 0.2) is 53.9 Å². The van der Waals surface area contributed by atoms with Gasteiger partial charge in [0.15, 0.2) is 5.03 Å². The highest BCUT2D eigenvalue weighted by Crippen LogP contribution is 2.43. The maximum absolute atomic E-state index is 12.7. The number of aryl methyl sites for hydroxylation is 1. The number of rotatable bonds is 5. The van der Waals surface area contributed by atoms with Crippen LogP contribution in [0.25, 0.3) is 0 Å². The first-order valence-electron chi connectivity index (χ1n) is 9.55. The molecule has 0 spiro atoms. The highest BCUT2D eigenvalue weighted by atomic mass is 35.5. The highest BCUT2D eigenvalue weighted by molar-refractivity contribution is 7.92. The Labute approximate surface area is 186 Å². The monoisotopic (exact) mass is 464 g/mol. The maximum atomic E-state index is 12.7. The molecule has 1 heterocycles. The van der Waals surface area contributed by atoms with Crippen LogP contribution in [0.4, 0.5) is 5.69 Å². The molecule has 158 valence electrons. The lowest BCUT2D eigenvalue weighted by Gasteiger charge is -2.32. The lowest BCUT2D eigenvalue weighted by atomic mass is 9.76. The van der Waals surface area contributed by atoms with Crippen LogP contribution in [0, 0.1) is 0 Å². The third kappa shape index (κ3) is 4.07. The van der Waals surface area contributed by atoms with Gasteiger partial charge in [0.05, 0.1) is 16.4 Å². The number of hydrogen-bond donors (Lipinski definition) is 2. The van der Waals surface area contributed by atoms with E-state index in [2.05, 4.69) is 15.0 Å². The normalized spacial score (nSPS) is 18.8. The van der Waals surface area contributed by atoms with Crippen molar-refractivity contribution in [1.82, 2.24) is 14.9 Å². The molecule has 2 N–H and O–H groups in total. The summed E-state index contributed by atoms with van der Waals surface area (Å²) in [4.78, 5) is 3.95. The van der Waals surface area contributed by atoms with Gasteiger partial charge in [-0.2, -0.15) is 8.42 Å². The Kier molecular flexibility index (Phi) is 5.81. The van der Waals surface area contributed by atoms with Crippen LogP contribution in [-0.2, 0) is 17.1 Å². The van der Waals surface area contributed by atoms with Crippen molar-refractivity contribution in [2.75, 3.05) is 11.8 Å². The molecule has 2 atom stereocenters. The van der Waals surface area contributed by atoms with E-state index in [-0.39, 0.29) is 17.0 Å². The minimum Gasteiger partial charge on any atom is -0.339 e. The Bertz CT molecular complexity index is 1190. The number of imidazole rings is 1. The van der Waals surface area contributed by atoms with Gasteiger partial charge in [-0.05, 0) is 60.8 Å². The van der Waals surface area contributed by atoms with E-state index in [1.54, 1.807) is 17.7 Å². The van der Waals surface area contributed by atoms with E-state index in [0.29, 0.717) is 15.7 Å². The Morgan fingerprint density at radius 2 is 1.87 bits per heavy atom. The second-order valence-electron chi connectivity index (χ2n) is 7.47. The van der Waals surface area contributed by atoms with Crippen LogP contribution in [0.3, 0.4) is 0 Å². The van der Waals surface area contributed by atoms with E-state index >= 15 is 0 Å². The first-order chi connectivity index (χ1) is 14.3. The summed E-state index contributed by atoms with van der Waals surface area (Å²) in [6.45, 7) is 0. The van der Waals surface area contributed by atoms with Crippen molar-refractivity contribution >= 4 is 38.9 Å². The lowest BCUT2D eigenvalue weighted by molar-refractivity contribution is 0.471. The molecule has 0 radical (unpaired) electrons. The molecular weight excluding hydrogens is 443 g/mol. The number of anilines is 1. The van der Waals surface area contributed by atoms with E-state index in [1.165, 1.54) is 12.5 Å². The van der Waals surface area contributed by atoms with E-state index in [1.807, 2.05) is 37.4 Å². The molecular formula is C21H22Cl2N4O2S. The zero-order valence-corrected chi connectivity index (χ0v) is 18.9. The fourth-order valence-corrected chi connectivity index (χ4v) is 5.35. The number of nitrogens with one attached hydrogen (secondary N) is 2. The van der Waals surface area contributed by atoms with Crippen molar-refractivity contribution in [2.24, 2.45) is 7.05 Å². The zero-order chi connectivity index (χ0) is 21.5. The van der Waals surface area contributed by atoms with Crippen molar-refractivity contribution in [3.05, 3.63) is 75.7 Å². The molecule has 2 aromatic carbocycles. The van der Waals surface area contributed by atoms with Crippen LogP contribution in [0.1, 0.15) is 41.5 Å². The van der Waals surface area contributed by atoms with E-state index in [9.17, 15) is 8.42 Å². The van der Waals surface area contributed by atoms with Gasteiger partial charge in [-0.15, -0.1) is 0 Å². The van der Waals surface area contributed by atoms with Crippen molar-refractivity contribution in [1.29, 1.82) is 0 Å². The molecule has 30 heavy (non-hydrogen) atoms. The molecule has 9 heteroatoms. The maximum Gasteiger partial charge on any atom is 0.280 e. The number of halogens is 2. The average molecular weight is 465 g/mol. The van der Waals surface area contributed by atoms with Gasteiger partial charge in [-0.1, -0.05) is 35.3 Å². The van der Waals surface area contributed by atoms with E-state index < -0.39 is 10.0 Å². The summed E-state index contributed by atoms with van der Waals surface area (Å²) in [5, 5.41) is 4.39. The largest absolute Gasteiger partial charge is 0.339 e. The molecule has 1 aliphatic rings. The third-order valence-corrected chi connectivity index (χ3v) is 7.49. The summed E-state index contributed by atoms with van der Waals surface area (Å²) >= 11 is 12.3. The summed E-state index contributed by atoms with van der Waals surface area (Å²) in [5.74, 6) is 0.167. The van der Waals surface area contributed by atoms with Crippen molar-refractivity contribution < 1.29 is 8.42 Å². The van der Waals surface area contributed by atoms with E-state index in [4.69, 9.17) is 23.2 Å². The predicted octanol–water partition coefficient (Wildman–Crippen LogP) is 4.71. The van der Waals surface area contributed by atoms with Crippen LogP contribution >= 0.6 is 23.2 Å². The van der Waals surface area contributed by atoms with Gasteiger partial charge in [0.2, 0.25) is 0 Å². The minimum atomic E-state index is -3.75. The summed E-state index contributed by atoms with van der Waals surface area (Å²) in [6, 6.07) is 11.6. The Hall–Kier alpha value is -2.06. The minimum absolute atomic E-state index is 0.0124. The zero-order valence-electron chi connectivity index (χ0n) is 16.6. The molecule has 0 fully saturated rings. The van der Waals surface area contributed by atoms with E-state index in [0.717, 1.165) is 29.5 Å². The molecule has 0 amide bonds. The number of fused-ring (bicyclic) bond motifs is 1. The topological polar surface area (TPSA) is 76.0 Å². The predicted molar refractivity (Wildman–Crippen MR) is 120 cm³/mol. The molecule has 3 aromatic rings. The molecule has 1 unspecified atom stereocenters. The Morgan fingerprint density at radius 3 is 2.53 bits per heavy atom. The molecule has 6 nitrogen and oxygen atoms in total. The van der Waals surface area contributed by atoms with Gasteiger partial charge in [0, 0.05) is 30.9 Å². The molecule has 0 saturated heterocycles. The summed E-state index contributed by atoms with van der Waals surface area (Å²) < 4.78 is 29.6. The third-order valence-electron chi connectivity index (χ3n) is 5.48. The number of hydrogen-bond acceptors (Lipinski definition) is 4. The van der Waals surface area contributed by atoms with Crippen LogP contribution < -0.4 is 10.0 Å². The van der Waals surface area contributed by atoms with Crippen molar-refractivity contribution in [3.63, 3.8) is 0 Å². The quantitative estimate of drug-likeness (QED) is 0.572. The van der Waals surface area contributed by atoms with Gasteiger partial charge in [0.1, 0.15) is 0 Å². The van der Waals surface area contributed by atoms with Crippen LogP contribution in [-0.4, -0.2) is 25.0 Å². The molecule has 1 aromatic heterocycles. The van der Waals surface area contributed by atoms with Crippen LogP contribution in [0.5, 0.6) is 0 Å². The molecule has 4 rings (SSSR count). The average Bonchev–Trinajstić information content (AvgIpc) is 3.16. The summed E-state index contributed by atoms with van der Waals surface area (Å²) in [5.41, 5.74) is 3.83. The SMILES string of the molecule is CNC1CC[C@@H](c2ccc(Cl)c(Cl)c2)c2ccc(NS(=O)(=O)c3cn(C)cn3)cc21. The number of benzene rings is 2.